The highest BCUT2D eigenvalue weighted by Crippen LogP contribution is 2.20. The largest absolute Gasteiger partial charge is 0.393 e. The second kappa shape index (κ2) is 5.09. The number of aliphatic hydroxyl groups excluding tert-OH is 1. The normalized spacial score (nSPS) is 21.0. The van der Waals surface area contributed by atoms with Crippen LogP contribution in [0.25, 0.3) is 0 Å². The third kappa shape index (κ3) is 2.91. The molecule has 1 aromatic rings. The summed E-state index contributed by atoms with van der Waals surface area (Å²) in [7, 11) is 0. The fourth-order valence-electron chi connectivity index (χ4n) is 2.01. The standard InChI is InChI=1S/C11H15N3O3/c15-10-2-1-6-13(7-5-10)9-3-4-11(12-8-9)14(16)17/h3-4,8,10,15H,1-2,5-7H2. The second-order valence-corrected chi connectivity index (χ2v) is 4.20. The molecule has 0 amide bonds. The monoisotopic (exact) mass is 237 g/mol. The third-order valence-corrected chi connectivity index (χ3v) is 2.98. The number of hydrogen-bond donors (Lipinski definition) is 1. The molecule has 17 heavy (non-hydrogen) atoms. The van der Waals surface area contributed by atoms with Gasteiger partial charge < -0.3 is 20.1 Å². The summed E-state index contributed by atoms with van der Waals surface area (Å²) >= 11 is 0. The van der Waals surface area contributed by atoms with Crippen LogP contribution in [0.5, 0.6) is 0 Å². The molecule has 1 aliphatic heterocycles. The Morgan fingerprint density at radius 1 is 1.41 bits per heavy atom. The van der Waals surface area contributed by atoms with Crippen LogP contribution in [0.3, 0.4) is 0 Å². The van der Waals surface area contributed by atoms with Crippen molar-refractivity contribution in [1.82, 2.24) is 4.98 Å². The van der Waals surface area contributed by atoms with Gasteiger partial charge in [-0.15, -0.1) is 0 Å². The van der Waals surface area contributed by atoms with E-state index in [9.17, 15) is 15.2 Å². The molecule has 0 aromatic carbocycles. The quantitative estimate of drug-likeness (QED) is 0.620. The third-order valence-electron chi connectivity index (χ3n) is 2.98. The summed E-state index contributed by atoms with van der Waals surface area (Å²) in [6, 6.07) is 3.12. The molecule has 0 aliphatic carbocycles. The molecule has 1 aromatic heterocycles. The average molecular weight is 237 g/mol. The van der Waals surface area contributed by atoms with Crippen LogP contribution in [0.4, 0.5) is 11.5 Å². The van der Waals surface area contributed by atoms with Gasteiger partial charge in [-0.1, -0.05) is 0 Å². The first-order chi connectivity index (χ1) is 8.16. The maximum Gasteiger partial charge on any atom is 0.363 e. The molecule has 0 bridgehead atoms. The van der Waals surface area contributed by atoms with E-state index in [1.807, 2.05) is 0 Å². The zero-order chi connectivity index (χ0) is 12.3. The van der Waals surface area contributed by atoms with E-state index in [0.717, 1.165) is 38.0 Å². The molecule has 2 heterocycles. The first kappa shape index (κ1) is 11.8. The van der Waals surface area contributed by atoms with Crippen molar-refractivity contribution in [3.63, 3.8) is 0 Å². The summed E-state index contributed by atoms with van der Waals surface area (Å²) in [5.74, 6) is -0.136. The van der Waals surface area contributed by atoms with Crippen molar-refractivity contribution in [1.29, 1.82) is 0 Å². The zero-order valence-corrected chi connectivity index (χ0v) is 9.45. The summed E-state index contributed by atoms with van der Waals surface area (Å²) in [6.45, 7) is 1.62. The Bertz CT molecular complexity index is 393. The van der Waals surface area contributed by atoms with E-state index in [-0.39, 0.29) is 11.9 Å². The molecule has 6 heteroatoms. The van der Waals surface area contributed by atoms with Gasteiger partial charge in [0.15, 0.2) is 6.20 Å². The van der Waals surface area contributed by atoms with Crippen molar-refractivity contribution < 1.29 is 10.0 Å². The highest BCUT2D eigenvalue weighted by molar-refractivity contribution is 5.46. The van der Waals surface area contributed by atoms with Crippen LogP contribution < -0.4 is 4.90 Å². The first-order valence-electron chi connectivity index (χ1n) is 5.70. The van der Waals surface area contributed by atoms with E-state index < -0.39 is 4.92 Å². The molecule has 0 spiro atoms. The van der Waals surface area contributed by atoms with Gasteiger partial charge in [-0.3, -0.25) is 0 Å². The van der Waals surface area contributed by atoms with Gasteiger partial charge in [0.05, 0.1) is 11.8 Å². The Morgan fingerprint density at radius 3 is 2.88 bits per heavy atom. The van der Waals surface area contributed by atoms with Crippen LogP contribution in [0.1, 0.15) is 19.3 Å². The number of nitro groups is 1. The molecule has 0 radical (unpaired) electrons. The number of pyridine rings is 1. The maximum absolute atomic E-state index is 10.5. The highest BCUT2D eigenvalue weighted by atomic mass is 16.6. The van der Waals surface area contributed by atoms with Crippen molar-refractivity contribution in [2.24, 2.45) is 0 Å². The lowest BCUT2D eigenvalue weighted by Gasteiger charge is -2.20. The molecule has 1 unspecified atom stereocenters. The molecule has 1 saturated heterocycles. The van der Waals surface area contributed by atoms with Crippen LogP contribution >= 0.6 is 0 Å². The molecule has 92 valence electrons. The zero-order valence-electron chi connectivity index (χ0n) is 9.45. The molecular formula is C11H15N3O3. The number of aromatic nitrogens is 1. The minimum absolute atomic E-state index is 0.136. The number of nitrogens with zero attached hydrogens (tertiary/aromatic N) is 3. The first-order valence-corrected chi connectivity index (χ1v) is 5.70. The fourth-order valence-corrected chi connectivity index (χ4v) is 2.01. The summed E-state index contributed by atoms with van der Waals surface area (Å²) in [5.41, 5.74) is 0.879. The second-order valence-electron chi connectivity index (χ2n) is 4.20. The Labute approximate surface area is 99.0 Å². The van der Waals surface area contributed by atoms with E-state index in [4.69, 9.17) is 0 Å². The van der Waals surface area contributed by atoms with Crippen molar-refractivity contribution in [2.75, 3.05) is 18.0 Å². The lowest BCUT2D eigenvalue weighted by atomic mass is 10.2. The highest BCUT2D eigenvalue weighted by Gasteiger charge is 2.17. The van der Waals surface area contributed by atoms with E-state index >= 15 is 0 Å². The smallest absolute Gasteiger partial charge is 0.363 e. The number of rotatable bonds is 2. The van der Waals surface area contributed by atoms with Gasteiger partial charge in [-0.05, 0) is 35.2 Å². The molecular weight excluding hydrogens is 222 g/mol. The minimum atomic E-state index is -0.504. The van der Waals surface area contributed by atoms with Gasteiger partial charge >= 0.3 is 5.82 Å². The number of aliphatic hydroxyl groups is 1. The number of hydrogen-bond acceptors (Lipinski definition) is 5. The van der Waals surface area contributed by atoms with Crippen molar-refractivity contribution in [3.05, 3.63) is 28.4 Å². The molecule has 2 rings (SSSR count). The summed E-state index contributed by atoms with van der Waals surface area (Å²) in [6.07, 6.45) is 3.77. The maximum atomic E-state index is 10.5. The minimum Gasteiger partial charge on any atom is -0.393 e. The Morgan fingerprint density at radius 2 is 2.24 bits per heavy atom. The fraction of sp³-hybridized carbons (Fsp3) is 0.545. The van der Waals surface area contributed by atoms with Crippen LogP contribution in [-0.4, -0.2) is 34.2 Å². The van der Waals surface area contributed by atoms with E-state index in [1.54, 1.807) is 6.07 Å². The van der Waals surface area contributed by atoms with E-state index in [2.05, 4.69) is 9.88 Å². The predicted molar refractivity (Wildman–Crippen MR) is 63.0 cm³/mol. The number of anilines is 1. The topological polar surface area (TPSA) is 79.5 Å². The average Bonchev–Trinajstić information content (AvgIpc) is 2.54. The van der Waals surface area contributed by atoms with E-state index in [0.29, 0.717) is 0 Å². The van der Waals surface area contributed by atoms with Crippen molar-refractivity contribution >= 4 is 11.5 Å². The van der Waals surface area contributed by atoms with Gasteiger partial charge in [-0.2, -0.15) is 0 Å². The van der Waals surface area contributed by atoms with Crippen LogP contribution in [-0.2, 0) is 0 Å². The van der Waals surface area contributed by atoms with Gasteiger partial charge in [0.1, 0.15) is 0 Å². The van der Waals surface area contributed by atoms with Gasteiger partial charge in [0, 0.05) is 19.2 Å². The van der Waals surface area contributed by atoms with Gasteiger partial charge in [0.25, 0.3) is 0 Å². The summed E-state index contributed by atoms with van der Waals surface area (Å²) in [4.78, 5) is 15.9. The van der Waals surface area contributed by atoms with Crippen LogP contribution in [0, 0.1) is 10.1 Å². The summed E-state index contributed by atoms with van der Waals surface area (Å²) in [5, 5.41) is 20.0. The molecule has 0 saturated carbocycles. The molecule has 1 N–H and O–H groups in total. The SMILES string of the molecule is O=[N+]([O-])c1ccc(N2CCCC(O)CC2)cn1. The lowest BCUT2D eigenvalue weighted by molar-refractivity contribution is -0.389. The Kier molecular flexibility index (Phi) is 3.53. The van der Waals surface area contributed by atoms with Crippen LogP contribution in [0.15, 0.2) is 18.3 Å². The Balaban J connectivity index is 2.08. The summed E-state index contributed by atoms with van der Waals surface area (Å²) < 4.78 is 0. The van der Waals surface area contributed by atoms with Gasteiger partial charge in [-0.25, -0.2) is 0 Å². The van der Waals surface area contributed by atoms with Crippen LogP contribution in [0.2, 0.25) is 0 Å². The molecule has 6 nitrogen and oxygen atoms in total. The molecule has 1 fully saturated rings. The van der Waals surface area contributed by atoms with Gasteiger partial charge in [0.2, 0.25) is 0 Å². The lowest BCUT2D eigenvalue weighted by Crippen LogP contribution is -2.24. The Hall–Kier alpha value is -1.69. The molecule has 1 atom stereocenters. The van der Waals surface area contributed by atoms with Crippen molar-refractivity contribution in [2.45, 2.75) is 25.4 Å². The van der Waals surface area contributed by atoms with Crippen molar-refractivity contribution in [3.8, 4) is 0 Å². The predicted octanol–water partition coefficient (Wildman–Crippen LogP) is 1.34. The van der Waals surface area contributed by atoms with E-state index in [1.165, 1.54) is 12.3 Å². The molecule has 1 aliphatic rings.